The van der Waals surface area contributed by atoms with Crippen molar-refractivity contribution in [3.63, 3.8) is 0 Å². The maximum atomic E-state index is 12.4. The van der Waals surface area contributed by atoms with Crippen molar-refractivity contribution in [2.24, 2.45) is 0 Å². The van der Waals surface area contributed by atoms with Gasteiger partial charge in [-0.2, -0.15) is 13.2 Å². The van der Waals surface area contributed by atoms with E-state index < -0.39 is 11.2 Å². The Kier molecular flexibility index (Phi) is 5.43. The van der Waals surface area contributed by atoms with Crippen LogP contribution in [0.15, 0.2) is 6.20 Å². The molecule has 1 rings (SSSR count). The van der Waals surface area contributed by atoms with Crippen LogP contribution < -0.4 is 0 Å². The highest BCUT2D eigenvalue weighted by atomic mass is 32.1. The van der Waals surface area contributed by atoms with Crippen molar-refractivity contribution >= 4 is 11.3 Å². The van der Waals surface area contributed by atoms with Gasteiger partial charge in [-0.3, -0.25) is 0 Å². The van der Waals surface area contributed by atoms with Gasteiger partial charge in [-0.05, 0) is 12.3 Å². The first kappa shape index (κ1) is 14.5. The topological polar surface area (TPSA) is 12.9 Å². The first-order chi connectivity index (χ1) is 7.95. The van der Waals surface area contributed by atoms with Gasteiger partial charge in [-0.1, -0.05) is 39.5 Å². The zero-order valence-electron chi connectivity index (χ0n) is 10.2. The maximum absolute atomic E-state index is 12.4. The Balaban J connectivity index is 2.47. The summed E-state index contributed by atoms with van der Waals surface area (Å²) >= 11 is 0.776. The molecule has 0 saturated heterocycles. The highest BCUT2D eigenvalue weighted by molar-refractivity contribution is 7.11. The van der Waals surface area contributed by atoms with Crippen LogP contribution in [0.1, 0.15) is 61.8 Å². The SMILES string of the molecule is CCCCCCC(C)c1cnc(C(F)(F)F)s1. The number of hydrogen-bond donors (Lipinski definition) is 0. The summed E-state index contributed by atoms with van der Waals surface area (Å²) in [7, 11) is 0. The Labute approximate surface area is 104 Å². The van der Waals surface area contributed by atoms with E-state index in [1.165, 1.54) is 19.0 Å². The predicted molar refractivity (Wildman–Crippen MR) is 64.3 cm³/mol. The van der Waals surface area contributed by atoms with E-state index in [0.717, 1.165) is 35.5 Å². The minimum absolute atomic E-state index is 0.181. The largest absolute Gasteiger partial charge is 0.443 e. The Morgan fingerprint density at radius 2 is 2.00 bits per heavy atom. The van der Waals surface area contributed by atoms with Gasteiger partial charge in [0.25, 0.3) is 0 Å². The molecule has 0 saturated carbocycles. The number of alkyl halides is 3. The zero-order valence-corrected chi connectivity index (χ0v) is 11.0. The smallest absolute Gasteiger partial charge is 0.240 e. The summed E-state index contributed by atoms with van der Waals surface area (Å²) in [5.74, 6) is 0.181. The van der Waals surface area contributed by atoms with E-state index in [1.54, 1.807) is 0 Å². The molecule has 0 spiro atoms. The lowest BCUT2D eigenvalue weighted by atomic mass is 10.0. The van der Waals surface area contributed by atoms with Crippen molar-refractivity contribution in [3.05, 3.63) is 16.1 Å². The van der Waals surface area contributed by atoms with Crippen molar-refractivity contribution < 1.29 is 13.2 Å². The Hall–Kier alpha value is -0.580. The highest BCUT2D eigenvalue weighted by Gasteiger charge is 2.34. The summed E-state index contributed by atoms with van der Waals surface area (Å²) in [5.41, 5.74) is 0. The molecule has 1 heterocycles. The third kappa shape index (κ3) is 4.66. The minimum atomic E-state index is -4.30. The van der Waals surface area contributed by atoms with Gasteiger partial charge in [-0.15, -0.1) is 11.3 Å². The van der Waals surface area contributed by atoms with Crippen LogP contribution in [0.2, 0.25) is 0 Å². The van der Waals surface area contributed by atoms with Gasteiger partial charge < -0.3 is 0 Å². The summed E-state index contributed by atoms with van der Waals surface area (Å²) in [5, 5.41) is -0.729. The molecule has 0 aliphatic heterocycles. The van der Waals surface area contributed by atoms with E-state index in [2.05, 4.69) is 11.9 Å². The molecule has 0 radical (unpaired) electrons. The van der Waals surface area contributed by atoms with Crippen molar-refractivity contribution in [2.45, 2.75) is 58.0 Å². The van der Waals surface area contributed by atoms with E-state index in [0.29, 0.717) is 0 Å². The van der Waals surface area contributed by atoms with E-state index in [4.69, 9.17) is 0 Å². The quantitative estimate of drug-likeness (QED) is 0.641. The van der Waals surface area contributed by atoms with Gasteiger partial charge >= 0.3 is 6.18 Å². The summed E-state index contributed by atoms with van der Waals surface area (Å²) in [4.78, 5) is 4.19. The fourth-order valence-corrected chi connectivity index (χ4v) is 2.53. The number of unbranched alkanes of at least 4 members (excludes halogenated alkanes) is 3. The van der Waals surface area contributed by atoms with Gasteiger partial charge in [0, 0.05) is 11.1 Å². The molecule has 0 amide bonds. The molecular formula is C12H18F3NS. The van der Waals surface area contributed by atoms with Crippen molar-refractivity contribution in [3.8, 4) is 0 Å². The second-order valence-corrected chi connectivity index (χ2v) is 5.38. The molecule has 0 fully saturated rings. The second-order valence-electron chi connectivity index (χ2n) is 4.32. The molecule has 0 aliphatic carbocycles. The van der Waals surface area contributed by atoms with Gasteiger partial charge in [0.1, 0.15) is 0 Å². The molecule has 0 aliphatic rings. The molecule has 1 aromatic rings. The summed E-state index contributed by atoms with van der Waals surface area (Å²) in [6.45, 7) is 4.11. The summed E-state index contributed by atoms with van der Waals surface area (Å²) < 4.78 is 37.1. The molecule has 5 heteroatoms. The van der Waals surface area contributed by atoms with Crippen LogP contribution in [0.4, 0.5) is 13.2 Å². The van der Waals surface area contributed by atoms with Gasteiger partial charge in [-0.25, -0.2) is 4.98 Å². The van der Waals surface area contributed by atoms with Crippen LogP contribution in [0, 0.1) is 0 Å². The first-order valence-electron chi connectivity index (χ1n) is 5.98. The Bertz CT molecular complexity index is 333. The first-order valence-corrected chi connectivity index (χ1v) is 6.79. The molecule has 0 bridgehead atoms. The molecule has 1 atom stereocenters. The Morgan fingerprint density at radius 3 is 2.53 bits per heavy atom. The molecular weight excluding hydrogens is 247 g/mol. The standard InChI is InChI=1S/C12H18F3NS/c1-3-4-5-6-7-9(2)10-8-16-11(17-10)12(13,14)15/h8-9H,3-7H2,1-2H3. The van der Waals surface area contributed by atoms with Crippen LogP contribution in [0.3, 0.4) is 0 Å². The van der Waals surface area contributed by atoms with Crippen LogP contribution in [0.5, 0.6) is 0 Å². The van der Waals surface area contributed by atoms with Gasteiger partial charge in [0.2, 0.25) is 0 Å². The average Bonchev–Trinajstić information content (AvgIpc) is 2.72. The van der Waals surface area contributed by atoms with E-state index in [9.17, 15) is 13.2 Å². The maximum Gasteiger partial charge on any atom is 0.443 e. The summed E-state index contributed by atoms with van der Waals surface area (Å²) in [6, 6.07) is 0. The molecule has 1 aromatic heterocycles. The molecule has 1 nitrogen and oxygen atoms in total. The average molecular weight is 265 g/mol. The van der Waals surface area contributed by atoms with E-state index >= 15 is 0 Å². The van der Waals surface area contributed by atoms with Crippen LogP contribution in [-0.4, -0.2) is 4.98 Å². The van der Waals surface area contributed by atoms with Crippen molar-refractivity contribution in [1.29, 1.82) is 0 Å². The van der Waals surface area contributed by atoms with Gasteiger partial charge in [0.05, 0.1) is 0 Å². The molecule has 1 unspecified atom stereocenters. The number of rotatable bonds is 6. The molecule has 0 aromatic carbocycles. The molecule has 17 heavy (non-hydrogen) atoms. The van der Waals surface area contributed by atoms with Crippen molar-refractivity contribution in [1.82, 2.24) is 4.98 Å². The van der Waals surface area contributed by atoms with E-state index in [-0.39, 0.29) is 5.92 Å². The monoisotopic (exact) mass is 265 g/mol. The normalized spacial score (nSPS) is 13.9. The third-order valence-corrected chi connectivity index (χ3v) is 4.02. The van der Waals surface area contributed by atoms with Gasteiger partial charge in [0.15, 0.2) is 5.01 Å². The number of nitrogens with zero attached hydrogens (tertiary/aromatic N) is 1. The molecule has 0 N–H and O–H groups in total. The number of thiazole rings is 1. The van der Waals surface area contributed by atoms with Crippen LogP contribution in [-0.2, 0) is 6.18 Å². The highest BCUT2D eigenvalue weighted by Crippen LogP contribution is 2.35. The van der Waals surface area contributed by atoms with E-state index in [1.807, 2.05) is 6.92 Å². The fourth-order valence-electron chi connectivity index (χ4n) is 1.67. The Morgan fingerprint density at radius 1 is 1.29 bits per heavy atom. The number of halogens is 3. The predicted octanol–water partition coefficient (Wildman–Crippen LogP) is 5.24. The second kappa shape index (κ2) is 6.38. The minimum Gasteiger partial charge on any atom is -0.240 e. The fraction of sp³-hybridized carbons (Fsp3) is 0.750. The number of aromatic nitrogens is 1. The third-order valence-electron chi connectivity index (χ3n) is 2.74. The lowest BCUT2D eigenvalue weighted by molar-refractivity contribution is -0.137. The van der Waals surface area contributed by atoms with Crippen LogP contribution in [0.25, 0.3) is 0 Å². The number of hydrogen-bond acceptors (Lipinski definition) is 2. The van der Waals surface area contributed by atoms with Crippen molar-refractivity contribution in [2.75, 3.05) is 0 Å². The lowest BCUT2D eigenvalue weighted by Crippen LogP contribution is -2.02. The lowest BCUT2D eigenvalue weighted by Gasteiger charge is -2.07. The summed E-state index contributed by atoms with van der Waals surface area (Å²) in [6.07, 6.45) is 2.62. The molecule has 98 valence electrons. The zero-order chi connectivity index (χ0) is 12.9. The van der Waals surface area contributed by atoms with Crippen LogP contribution >= 0.6 is 11.3 Å².